The minimum atomic E-state index is -3.91. The van der Waals surface area contributed by atoms with Crippen LogP contribution in [0.4, 0.5) is 15.9 Å². The number of ketones is 1. The molecule has 1 fully saturated rings. The summed E-state index contributed by atoms with van der Waals surface area (Å²) in [6.07, 6.45) is 4.28. The van der Waals surface area contributed by atoms with Crippen LogP contribution in [0.2, 0.25) is 0 Å². The average Bonchev–Trinajstić information content (AvgIpc) is 3.21. The fourth-order valence-corrected chi connectivity index (χ4v) is 6.51. The van der Waals surface area contributed by atoms with Gasteiger partial charge >= 0.3 is 0 Å². The zero-order valence-electron chi connectivity index (χ0n) is 22.0. The van der Waals surface area contributed by atoms with E-state index in [2.05, 4.69) is 5.10 Å². The van der Waals surface area contributed by atoms with Crippen LogP contribution in [-0.2, 0) is 21.4 Å². The lowest BCUT2D eigenvalue weighted by atomic mass is 10.0. The van der Waals surface area contributed by atoms with Crippen LogP contribution in [0.25, 0.3) is 0 Å². The zero-order chi connectivity index (χ0) is 28.1. The molecule has 39 heavy (non-hydrogen) atoms. The van der Waals surface area contributed by atoms with E-state index >= 15 is 0 Å². The van der Waals surface area contributed by atoms with E-state index in [1.165, 1.54) is 30.1 Å². The average molecular weight is 560 g/mol. The number of aromatic nitrogens is 2. The first-order chi connectivity index (χ1) is 18.5. The molecule has 5 rings (SSSR count). The number of halogens is 1. The van der Waals surface area contributed by atoms with Crippen molar-refractivity contribution in [2.45, 2.75) is 45.3 Å². The van der Waals surface area contributed by atoms with Crippen molar-refractivity contribution in [1.82, 2.24) is 14.7 Å². The number of allylic oxidation sites excluding steroid dienone is 1. The smallest absolute Gasteiger partial charge is 0.280 e. The Morgan fingerprint density at radius 2 is 1.95 bits per heavy atom. The number of nitrogens with zero attached hydrogens (tertiary/aromatic N) is 5. The molecule has 4 heterocycles. The van der Waals surface area contributed by atoms with Gasteiger partial charge in [-0.2, -0.15) is 0 Å². The molecule has 3 aliphatic rings. The lowest BCUT2D eigenvalue weighted by Crippen LogP contribution is -2.61. The summed E-state index contributed by atoms with van der Waals surface area (Å²) in [6.45, 7) is 4.22. The van der Waals surface area contributed by atoms with E-state index in [9.17, 15) is 27.2 Å². The maximum atomic E-state index is 14.1. The Kier molecular flexibility index (Phi) is 6.95. The molecule has 2 aromatic rings. The molecule has 0 N–H and O–H groups in total. The van der Waals surface area contributed by atoms with Gasteiger partial charge in [0.05, 0.1) is 12.3 Å². The summed E-state index contributed by atoms with van der Waals surface area (Å²) >= 11 is 0. The third kappa shape index (κ3) is 4.58. The molecule has 1 unspecified atom stereocenters. The first-order valence-electron chi connectivity index (χ1n) is 12.8. The van der Waals surface area contributed by atoms with E-state index < -0.39 is 39.1 Å². The maximum absolute atomic E-state index is 14.1. The number of sulfonamides is 1. The molecule has 0 aliphatic carbocycles. The summed E-state index contributed by atoms with van der Waals surface area (Å²) in [4.78, 5) is 43.8. The van der Waals surface area contributed by atoms with Crippen molar-refractivity contribution in [3.05, 3.63) is 57.6 Å². The van der Waals surface area contributed by atoms with Crippen molar-refractivity contribution in [1.29, 1.82) is 0 Å². The van der Waals surface area contributed by atoms with Crippen LogP contribution in [0.3, 0.4) is 0 Å². The fraction of sp³-hybridized carbons (Fsp3) is 0.462. The Hall–Kier alpha value is -3.74. The van der Waals surface area contributed by atoms with Gasteiger partial charge in [-0.15, -0.1) is 5.10 Å². The topological polar surface area (TPSA) is 122 Å². The van der Waals surface area contributed by atoms with Gasteiger partial charge in [-0.05, 0) is 32.8 Å². The number of piperazine rings is 1. The minimum absolute atomic E-state index is 0.0497. The molecular weight excluding hydrogens is 529 g/mol. The molecule has 0 radical (unpaired) electrons. The number of anilines is 2. The number of amides is 1. The number of likely N-dealkylation sites (N-methyl/N-ethyl adjacent to an activating group) is 1. The van der Waals surface area contributed by atoms with Crippen LogP contribution in [0.1, 0.15) is 42.6 Å². The summed E-state index contributed by atoms with van der Waals surface area (Å²) in [6, 6.07) is 2.21. The number of hydrogen-bond acceptors (Lipinski definition) is 8. The minimum Gasteiger partial charge on any atom is -0.489 e. The highest BCUT2D eigenvalue weighted by atomic mass is 32.2. The van der Waals surface area contributed by atoms with Gasteiger partial charge in [0.15, 0.2) is 11.9 Å². The molecular formula is C26H30FN5O6S. The van der Waals surface area contributed by atoms with Crippen LogP contribution in [0, 0.1) is 5.82 Å². The van der Waals surface area contributed by atoms with Crippen molar-refractivity contribution in [2.75, 3.05) is 41.7 Å². The van der Waals surface area contributed by atoms with Gasteiger partial charge in [-0.1, -0.05) is 18.2 Å². The molecule has 0 saturated carbocycles. The van der Waals surface area contributed by atoms with E-state index in [1.54, 1.807) is 24.0 Å². The van der Waals surface area contributed by atoms with Gasteiger partial charge < -0.3 is 14.5 Å². The number of carbonyl (C=O) groups excluding carboxylic acids is 2. The summed E-state index contributed by atoms with van der Waals surface area (Å²) in [5.41, 5.74) is -0.577. The van der Waals surface area contributed by atoms with Crippen molar-refractivity contribution >= 4 is 33.2 Å². The van der Waals surface area contributed by atoms with E-state index in [1.807, 2.05) is 6.92 Å². The van der Waals surface area contributed by atoms with Crippen LogP contribution in [0.15, 0.2) is 35.1 Å². The number of carbonyl (C=O) groups is 2. The summed E-state index contributed by atoms with van der Waals surface area (Å²) in [7, 11) is -2.58. The highest BCUT2D eigenvalue weighted by Gasteiger charge is 2.53. The number of Topliss-reactive ketones (excluding diaryl/α,β-unsaturated/α-hetero) is 1. The number of rotatable bonds is 1. The van der Waals surface area contributed by atoms with Gasteiger partial charge in [0.2, 0.25) is 15.8 Å². The highest BCUT2D eigenvalue weighted by molar-refractivity contribution is 7.92. The van der Waals surface area contributed by atoms with Gasteiger partial charge in [0.25, 0.3) is 11.5 Å². The maximum Gasteiger partial charge on any atom is 0.280 e. The summed E-state index contributed by atoms with van der Waals surface area (Å²) in [5.74, 6) is -1.78. The number of ether oxygens (including phenoxy) is 1. The van der Waals surface area contributed by atoms with Crippen LogP contribution >= 0.6 is 0 Å². The molecule has 11 nitrogen and oxygen atoms in total. The molecule has 208 valence electrons. The normalized spacial score (nSPS) is 23.7. The van der Waals surface area contributed by atoms with Crippen LogP contribution in [0.5, 0.6) is 5.75 Å². The molecule has 1 amide bonds. The first kappa shape index (κ1) is 26.9. The lowest BCUT2D eigenvalue weighted by molar-refractivity contribution is -0.133. The highest BCUT2D eigenvalue weighted by Crippen LogP contribution is 2.41. The van der Waals surface area contributed by atoms with E-state index in [0.717, 1.165) is 8.99 Å². The lowest BCUT2D eigenvalue weighted by Gasteiger charge is -2.42. The molecule has 2 bridgehead atoms. The number of fused-ring (bicyclic) bond motifs is 7. The SMILES string of the molecule is CCN1C[C@H](C)N2c3c4nn(c(=O)c3C(=O)C2C1=O)Cc1ccc(F)cc1OC/C=C\CCCS(=O)(=O)N4C. The number of hydrogen-bond donors (Lipinski definition) is 0. The standard InChI is InChI=1S/C26H30FN5O6S/c1-4-30-14-16(2)32-21-20(23(33)22(32)26(30)35)25(34)31-15-17-9-10-18(27)13-19(17)38-11-7-5-6-8-12-39(36,37)29(3)24(21)28-31/h5,7,9-10,13,16,22H,4,6,8,11-12,14-15H2,1-3H3/b7-5-/t16-,22?/m0/s1. The second-order valence-electron chi connectivity index (χ2n) is 9.87. The Morgan fingerprint density at radius 3 is 2.69 bits per heavy atom. The van der Waals surface area contributed by atoms with Crippen LogP contribution in [-0.4, -0.2) is 79.4 Å². The van der Waals surface area contributed by atoms with E-state index in [0.29, 0.717) is 31.5 Å². The largest absolute Gasteiger partial charge is 0.489 e. The quantitative estimate of drug-likeness (QED) is 0.381. The molecule has 1 aromatic heterocycles. The van der Waals surface area contributed by atoms with Gasteiger partial charge in [-0.3, -0.25) is 18.7 Å². The van der Waals surface area contributed by atoms with Gasteiger partial charge in [-0.25, -0.2) is 17.5 Å². The first-order valence-corrected chi connectivity index (χ1v) is 14.4. The fourth-order valence-electron chi connectivity index (χ4n) is 5.32. The Balaban J connectivity index is 1.74. The third-order valence-electron chi connectivity index (χ3n) is 7.37. The molecule has 1 aromatic carbocycles. The van der Waals surface area contributed by atoms with Gasteiger partial charge in [0, 0.05) is 37.8 Å². The molecule has 0 spiro atoms. The van der Waals surface area contributed by atoms with Crippen molar-refractivity contribution in [2.24, 2.45) is 0 Å². The zero-order valence-corrected chi connectivity index (χ0v) is 22.8. The van der Waals surface area contributed by atoms with E-state index in [4.69, 9.17) is 4.74 Å². The second-order valence-corrected chi connectivity index (χ2v) is 12.0. The van der Waals surface area contributed by atoms with Crippen molar-refractivity contribution < 1.29 is 27.1 Å². The number of benzene rings is 1. The molecule has 3 aliphatic heterocycles. The monoisotopic (exact) mass is 559 g/mol. The summed E-state index contributed by atoms with van der Waals surface area (Å²) in [5, 5.41) is 4.44. The Labute approximate surface area is 225 Å². The molecule has 13 heteroatoms. The summed E-state index contributed by atoms with van der Waals surface area (Å²) < 4.78 is 48.5. The second kappa shape index (κ2) is 10.1. The Bertz CT molecular complexity index is 1540. The predicted molar refractivity (Wildman–Crippen MR) is 142 cm³/mol. The third-order valence-corrected chi connectivity index (χ3v) is 9.18. The van der Waals surface area contributed by atoms with Crippen molar-refractivity contribution in [3.63, 3.8) is 0 Å². The van der Waals surface area contributed by atoms with Crippen LogP contribution < -0.4 is 19.5 Å². The van der Waals surface area contributed by atoms with Gasteiger partial charge in [0.1, 0.15) is 29.4 Å². The molecule has 2 atom stereocenters. The van der Waals surface area contributed by atoms with E-state index in [-0.39, 0.29) is 47.8 Å². The Morgan fingerprint density at radius 1 is 1.18 bits per heavy atom. The van der Waals surface area contributed by atoms with Crippen molar-refractivity contribution in [3.8, 4) is 5.75 Å². The molecule has 1 saturated heterocycles. The predicted octanol–water partition coefficient (Wildman–Crippen LogP) is 1.55.